The summed E-state index contributed by atoms with van der Waals surface area (Å²) in [7, 11) is 0. The summed E-state index contributed by atoms with van der Waals surface area (Å²) in [4.78, 5) is 25.4. The summed E-state index contributed by atoms with van der Waals surface area (Å²) < 4.78 is 39.7. The van der Waals surface area contributed by atoms with Crippen molar-refractivity contribution in [1.29, 1.82) is 0 Å². The van der Waals surface area contributed by atoms with Crippen molar-refractivity contribution in [2.75, 3.05) is 13.2 Å². The summed E-state index contributed by atoms with van der Waals surface area (Å²) in [6, 6.07) is -1.14. The fourth-order valence-electron chi connectivity index (χ4n) is 2.33. The fraction of sp³-hybridized carbons (Fsp3) is 0.846. The van der Waals surface area contributed by atoms with E-state index in [4.69, 9.17) is 0 Å². The van der Waals surface area contributed by atoms with Crippen molar-refractivity contribution in [3.8, 4) is 0 Å². The Balaban J connectivity index is 2.73. The monoisotopic (exact) mass is 310 g/mol. The van der Waals surface area contributed by atoms with Gasteiger partial charge in [0.05, 0.1) is 6.61 Å². The second-order valence-corrected chi connectivity index (χ2v) is 5.63. The van der Waals surface area contributed by atoms with E-state index >= 15 is 0 Å². The highest BCUT2D eigenvalue weighted by molar-refractivity contribution is 5.90. The summed E-state index contributed by atoms with van der Waals surface area (Å²) in [5.41, 5.74) is 0. The predicted molar refractivity (Wildman–Crippen MR) is 69.2 cm³/mol. The van der Waals surface area contributed by atoms with Gasteiger partial charge in [0.15, 0.2) is 0 Å². The van der Waals surface area contributed by atoms with Crippen molar-refractivity contribution in [1.82, 2.24) is 10.2 Å². The predicted octanol–water partition coefficient (Wildman–Crippen LogP) is 1.67. The standard InChI is InChI=1S/C13H21F3N2O3/c1-8(2)6-10-12(20)18(4-5-21-13(14,15)16)9(3)7-11(19)17-10/h8-10H,4-7H2,1-3H3,(H,17,19). The molecule has 21 heavy (non-hydrogen) atoms. The maximum absolute atomic E-state index is 12.4. The molecule has 0 spiro atoms. The Labute approximate surface area is 121 Å². The highest BCUT2D eigenvalue weighted by atomic mass is 19.4. The Bertz CT molecular complexity index is 385. The fourth-order valence-corrected chi connectivity index (χ4v) is 2.33. The molecule has 1 aliphatic heterocycles. The molecule has 122 valence electrons. The van der Waals surface area contributed by atoms with E-state index in [1.807, 2.05) is 13.8 Å². The Morgan fingerprint density at radius 1 is 1.38 bits per heavy atom. The van der Waals surface area contributed by atoms with Crippen LogP contribution in [-0.2, 0) is 14.3 Å². The van der Waals surface area contributed by atoms with Crippen LogP contribution in [0.5, 0.6) is 0 Å². The quantitative estimate of drug-likeness (QED) is 0.840. The molecule has 0 aromatic carbocycles. The molecule has 0 aromatic heterocycles. The molecular weight excluding hydrogens is 289 g/mol. The van der Waals surface area contributed by atoms with Crippen molar-refractivity contribution in [3.05, 3.63) is 0 Å². The molecule has 0 aliphatic carbocycles. The lowest BCUT2D eigenvalue weighted by molar-refractivity contribution is -0.325. The first kappa shape index (κ1) is 17.7. The Morgan fingerprint density at radius 2 is 2.00 bits per heavy atom. The highest BCUT2D eigenvalue weighted by Crippen LogP contribution is 2.18. The number of carbonyl (C=O) groups excluding carboxylic acids is 2. The number of rotatable bonds is 5. The van der Waals surface area contributed by atoms with E-state index in [1.165, 1.54) is 4.90 Å². The Hall–Kier alpha value is -1.31. The van der Waals surface area contributed by atoms with Crippen molar-refractivity contribution in [3.63, 3.8) is 0 Å². The van der Waals surface area contributed by atoms with Gasteiger partial charge in [-0.3, -0.25) is 14.3 Å². The van der Waals surface area contributed by atoms with Crippen LogP contribution in [0.3, 0.4) is 0 Å². The average molecular weight is 310 g/mol. The summed E-state index contributed by atoms with van der Waals surface area (Å²) in [6.45, 7) is 4.63. The van der Waals surface area contributed by atoms with E-state index in [9.17, 15) is 22.8 Å². The van der Waals surface area contributed by atoms with Crippen molar-refractivity contribution < 1.29 is 27.5 Å². The number of nitrogens with one attached hydrogen (secondary N) is 1. The first-order valence-corrected chi connectivity index (χ1v) is 6.90. The zero-order chi connectivity index (χ0) is 16.2. The van der Waals surface area contributed by atoms with Crippen molar-refractivity contribution in [2.24, 2.45) is 5.92 Å². The average Bonchev–Trinajstić information content (AvgIpc) is 2.38. The van der Waals surface area contributed by atoms with Crippen LogP contribution in [0.25, 0.3) is 0 Å². The van der Waals surface area contributed by atoms with Crippen LogP contribution in [0, 0.1) is 5.92 Å². The molecule has 2 atom stereocenters. The Morgan fingerprint density at radius 3 is 2.52 bits per heavy atom. The molecule has 5 nitrogen and oxygen atoms in total. The zero-order valence-corrected chi connectivity index (χ0v) is 12.4. The molecule has 0 aromatic rings. The van der Waals surface area contributed by atoms with Gasteiger partial charge >= 0.3 is 6.36 Å². The molecule has 0 saturated carbocycles. The van der Waals surface area contributed by atoms with Gasteiger partial charge in [0.2, 0.25) is 11.8 Å². The van der Waals surface area contributed by atoms with E-state index in [0.717, 1.165) is 0 Å². The number of alkyl halides is 3. The maximum Gasteiger partial charge on any atom is 0.522 e. The summed E-state index contributed by atoms with van der Waals surface area (Å²) in [5, 5.41) is 2.63. The third-order valence-corrected chi connectivity index (χ3v) is 3.23. The molecule has 1 N–H and O–H groups in total. The Kier molecular flexibility index (Phi) is 6.00. The minimum absolute atomic E-state index is 0.0757. The maximum atomic E-state index is 12.4. The minimum Gasteiger partial charge on any atom is -0.344 e. The molecular formula is C13H21F3N2O3. The lowest BCUT2D eigenvalue weighted by atomic mass is 10.0. The third-order valence-electron chi connectivity index (χ3n) is 3.23. The van der Waals surface area contributed by atoms with Crippen LogP contribution in [-0.4, -0.2) is 48.3 Å². The molecule has 2 amide bonds. The van der Waals surface area contributed by atoms with E-state index < -0.39 is 25.1 Å². The lowest BCUT2D eigenvalue weighted by Gasteiger charge is -2.29. The summed E-state index contributed by atoms with van der Waals surface area (Å²) in [6.07, 6.45) is -4.19. The van der Waals surface area contributed by atoms with Crippen LogP contribution in [0.4, 0.5) is 13.2 Å². The number of amides is 2. The zero-order valence-electron chi connectivity index (χ0n) is 12.4. The van der Waals surface area contributed by atoms with E-state index in [2.05, 4.69) is 10.1 Å². The molecule has 2 unspecified atom stereocenters. The molecule has 1 heterocycles. The van der Waals surface area contributed by atoms with Gasteiger partial charge < -0.3 is 10.2 Å². The van der Waals surface area contributed by atoms with Crippen LogP contribution in [0.2, 0.25) is 0 Å². The highest BCUT2D eigenvalue weighted by Gasteiger charge is 2.35. The molecule has 1 saturated heterocycles. The van der Waals surface area contributed by atoms with Gasteiger partial charge in [-0.25, -0.2) is 0 Å². The van der Waals surface area contributed by atoms with Gasteiger partial charge in [0.25, 0.3) is 0 Å². The lowest BCUT2D eigenvalue weighted by Crippen LogP contribution is -2.48. The van der Waals surface area contributed by atoms with Gasteiger partial charge in [-0.2, -0.15) is 0 Å². The SMILES string of the molecule is CC(C)CC1NC(=O)CC(C)N(CCOC(F)(F)F)C1=O. The van der Waals surface area contributed by atoms with Crippen LogP contribution < -0.4 is 5.32 Å². The first-order valence-electron chi connectivity index (χ1n) is 6.90. The van der Waals surface area contributed by atoms with Gasteiger partial charge in [-0.1, -0.05) is 13.8 Å². The number of nitrogens with zero attached hydrogens (tertiary/aromatic N) is 1. The van der Waals surface area contributed by atoms with E-state index in [-0.39, 0.29) is 30.7 Å². The smallest absolute Gasteiger partial charge is 0.344 e. The number of carbonyl (C=O) groups is 2. The first-order chi connectivity index (χ1) is 9.60. The second-order valence-electron chi connectivity index (χ2n) is 5.63. The summed E-state index contributed by atoms with van der Waals surface area (Å²) >= 11 is 0. The van der Waals surface area contributed by atoms with E-state index in [0.29, 0.717) is 6.42 Å². The van der Waals surface area contributed by atoms with Gasteiger partial charge in [0, 0.05) is 19.0 Å². The van der Waals surface area contributed by atoms with Crippen LogP contribution >= 0.6 is 0 Å². The molecule has 1 aliphatic rings. The van der Waals surface area contributed by atoms with E-state index in [1.54, 1.807) is 6.92 Å². The number of hydrogen-bond donors (Lipinski definition) is 1. The molecule has 0 radical (unpaired) electrons. The number of ether oxygens (including phenoxy) is 1. The van der Waals surface area contributed by atoms with Crippen molar-refractivity contribution in [2.45, 2.75) is 52.1 Å². The molecule has 0 bridgehead atoms. The van der Waals surface area contributed by atoms with Crippen LogP contribution in [0.15, 0.2) is 0 Å². The molecule has 8 heteroatoms. The topological polar surface area (TPSA) is 58.6 Å². The van der Waals surface area contributed by atoms with Gasteiger partial charge in [-0.15, -0.1) is 13.2 Å². The van der Waals surface area contributed by atoms with Crippen LogP contribution in [0.1, 0.15) is 33.6 Å². The molecule has 1 rings (SSSR count). The summed E-state index contributed by atoms with van der Waals surface area (Å²) in [5.74, 6) is -0.436. The number of halogens is 3. The van der Waals surface area contributed by atoms with Gasteiger partial charge in [0.1, 0.15) is 6.04 Å². The van der Waals surface area contributed by atoms with Gasteiger partial charge in [-0.05, 0) is 19.3 Å². The number of hydrogen-bond acceptors (Lipinski definition) is 3. The second kappa shape index (κ2) is 7.11. The minimum atomic E-state index is -4.72. The largest absolute Gasteiger partial charge is 0.522 e. The van der Waals surface area contributed by atoms with Crippen molar-refractivity contribution >= 4 is 11.8 Å². The molecule has 1 fully saturated rings. The normalized spacial score (nSPS) is 24.2. The third kappa shape index (κ3) is 5.91.